The molecule has 0 radical (unpaired) electrons. The standard InChI is InChI=1S/C11H12O2S/c1-8-4-6-14-10(8)11(2)7-9(12)3-5-13-11/h3-6H,7H2,1-2H3. The number of ether oxygens (including phenoxy) is 1. The first kappa shape index (κ1) is 9.46. The zero-order valence-corrected chi connectivity index (χ0v) is 9.06. The van der Waals surface area contributed by atoms with Crippen molar-refractivity contribution in [1.82, 2.24) is 0 Å². The second-order valence-corrected chi connectivity index (χ2v) is 4.64. The zero-order valence-electron chi connectivity index (χ0n) is 8.24. The van der Waals surface area contributed by atoms with Gasteiger partial charge < -0.3 is 4.74 Å². The fourth-order valence-electron chi connectivity index (χ4n) is 1.74. The van der Waals surface area contributed by atoms with E-state index in [1.54, 1.807) is 11.3 Å². The maximum absolute atomic E-state index is 11.3. The number of rotatable bonds is 1. The minimum atomic E-state index is -0.454. The van der Waals surface area contributed by atoms with E-state index in [-0.39, 0.29) is 5.78 Å². The highest BCUT2D eigenvalue weighted by Gasteiger charge is 2.34. The molecule has 2 heterocycles. The van der Waals surface area contributed by atoms with E-state index in [0.717, 1.165) is 4.88 Å². The predicted molar refractivity (Wildman–Crippen MR) is 56.3 cm³/mol. The highest BCUT2D eigenvalue weighted by Crippen LogP contribution is 2.37. The van der Waals surface area contributed by atoms with Crippen molar-refractivity contribution in [2.45, 2.75) is 25.9 Å². The van der Waals surface area contributed by atoms with Crippen molar-refractivity contribution in [1.29, 1.82) is 0 Å². The molecule has 1 aromatic heterocycles. The van der Waals surface area contributed by atoms with Crippen LogP contribution in [0.1, 0.15) is 23.8 Å². The molecule has 2 nitrogen and oxygen atoms in total. The molecular weight excluding hydrogens is 196 g/mol. The molecule has 0 aliphatic carbocycles. The van der Waals surface area contributed by atoms with E-state index in [9.17, 15) is 4.79 Å². The Hall–Kier alpha value is -1.09. The molecule has 0 saturated heterocycles. The lowest BCUT2D eigenvalue weighted by atomic mass is 9.93. The third kappa shape index (κ3) is 1.48. The third-order valence-corrected chi connectivity index (χ3v) is 3.70. The van der Waals surface area contributed by atoms with Gasteiger partial charge in [-0.2, -0.15) is 0 Å². The first-order valence-corrected chi connectivity index (χ1v) is 5.41. The van der Waals surface area contributed by atoms with E-state index in [0.29, 0.717) is 6.42 Å². The van der Waals surface area contributed by atoms with Gasteiger partial charge in [-0.05, 0) is 30.9 Å². The van der Waals surface area contributed by atoms with Crippen molar-refractivity contribution in [3.05, 3.63) is 34.2 Å². The van der Waals surface area contributed by atoms with Crippen molar-refractivity contribution in [3.63, 3.8) is 0 Å². The quantitative estimate of drug-likeness (QED) is 0.709. The minimum Gasteiger partial charge on any atom is -0.489 e. The summed E-state index contributed by atoms with van der Waals surface area (Å²) >= 11 is 1.65. The van der Waals surface area contributed by atoms with Crippen LogP contribution in [0.15, 0.2) is 23.8 Å². The van der Waals surface area contributed by atoms with Gasteiger partial charge >= 0.3 is 0 Å². The van der Waals surface area contributed by atoms with Crippen LogP contribution in [0.25, 0.3) is 0 Å². The third-order valence-electron chi connectivity index (χ3n) is 2.44. The number of allylic oxidation sites excluding steroid dienone is 1. The Morgan fingerprint density at radius 2 is 2.36 bits per heavy atom. The van der Waals surface area contributed by atoms with Crippen LogP contribution in [0.5, 0.6) is 0 Å². The van der Waals surface area contributed by atoms with E-state index in [2.05, 4.69) is 6.07 Å². The van der Waals surface area contributed by atoms with Crippen LogP contribution in [-0.4, -0.2) is 5.78 Å². The fraction of sp³-hybridized carbons (Fsp3) is 0.364. The lowest BCUT2D eigenvalue weighted by Crippen LogP contribution is -2.29. The summed E-state index contributed by atoms with van der Waals surface area (Å²) in [6.45, 7) is 4.01. The summed E-state index contributed by atoms with van der Waals surface area (Å²) in [6, 6.07) is 2.05. The van der Waals surface area contributed by atoms with Gasteiger partial charge in [0.15, 0.2) is 5.78 Å². The van der Waals surface area contributed by atoms with Crippen LogP contribution in [0, 0.1) is 6.92 Å². The molecular formula is C11H12O2S. The average Bonchev–Trinajstić information content (AvgIpc) is 2.51. The molecule has 0 fully saturated rings. The molecule has 1 aliphatic rings. The summed E-state index contributed by atoms with van der Waals surface area (Å²) in [5, 5.41) is 2.03. The molecule has 0 spiro atoms. The molecule has 0 bridgehead atoms. The number of thiophene rings is 1. The number of ketones is 1. The van der Waals surface area contributed by atoms with Gasteiger partial charge in [-0.1, -0.05) is 0 Å². The van der Waals surface area contributed by atoms with Crippen molar-refractivity contribution >= 4 is 17.1 Å². The summed E-state index contributed by atoms with van der Waals surface area (Å²) in [6.07, 6.45) is 3.43. The van der Waals surface area contributed by atoms with E-state index in [4.69, 9.17) is 4.74 Å². The largest absolute Gasteiger partial charge is 0.489 e. The Labute approximate surface area is 87.2 Å². The topological polar surface area (TPSA) is 26.3 Å². The summed E-state index contributed by atoms with van der Waals surface area (Å²) in [4.78, 5) is 12.5. The van der Waals surface area contributed by atoms with Crippen molar-refractivity contribution in [2.24, 2.45) is 0 Å². The van der Waals surface area contributed by atoms with Gasteiger partial charge in [0.25, 0.3) is 0 Å². The van der Waals surface area contributed by atoms with E-state index in [1.165, 1.54) is 17.9 Å². The summed E-state index contributed by atoms with van der Waals surface area (Å²) in [5.41, 5.74) is 0.741. The van der Waals surface area contributed by atoms with Crippen molar-refractivity contribution in [3.8, 4) is 0 Å². The lowest BCUT2D eigenvalue weighted by Gasteiger charge is -2.30. The van der Waals surface area contributed by atoms with Crippen molar-refractivity contribution < 1.29 is 9.53 Å². The number of carbonyl (C=O) groups is 1. The van der Waals surface area contributed by atoms with E-state index in [1.807, 2.05) is 19.2 Å². The van der Waals surface area contributed by atoms with Gasteiger partial charge in [-0.25, -0.2) is 0 Å². The molecule has 2 rings (SSSR count). The Morgan fingerprint density at radius 3 is 2.93 bits per heavy atom. The highest BCUT2D eigenvalue weighted by molar-refractivity contribution is 7.10. The maximum atomic E-state index is 11.3. The molecule has 14 heavy (non-hydrogen) atoms. The maximum Gasteiger partial charge on any atom is 0.163 e. The Kier molecular flexibility index (Phi) is 2.19. The lowest BCUT2D eigenvalue weighted by molar-refractivity contribution is -0.121. The van der Waals surface area contributed by atoms with Crippen LogP contribution in [-0.2, 0) is 15.1 Å². The fourth-order valence-corrected chi connectivity index (χ4v) is 2.77. The second kappa shape index (κ2) is 3.24. The van der Waals surface area contributed by atoms with E-state index >= 15 is 0 Å². The van der Waals surface area contributed by atoms with Crippen LogP contribution in [0.4, 0.5) is 0 Å². The van der Waals surface area contributed by atoms with Gasteiger partial charge in [0.05, 0.1) is 17.6 Å². The molecule has 0 amide bonds. The normalized spacial score (nSPS) is 26.3. The monoisotopic (exact) mass is 208 g/mol. The van der Waals surface area contributed by atoms with Crippen LogP contribution < -0.4 is 0 Å². The molecule has 0 saturated carbocycles. The van der Waals surface area contributed by atoms with E-state index < -0.39 is 5.60 Å². The Balaban J connectivity index is 2.38. The number of carbonyl (C=O) groups excluding carboxylic acids is 1. The van der Waals surface area contributed by atoms with Crippen LogP contribution in [0.2, 0.25) is 0 Å². The SMILES string of the molecule is Cc1ccsc1C1(C)CC(=O)C=CO1. The zero-order chi connectivity index (χ0) is 10.2. The Morgan fingerprint density at radius 1 is 1.57 bits per heavy atom. The number of hydrogen-bond acceptors (Lipinski definition) is 3. The van der Waals surface area contributed by atoms with Crippen molar-refractivity contribution in [2.75, 3.05) is 0 Å². The van der Waals surface area contributed by atoms with Gasteiger partial charge in [0.1, 0.15) is 5.60 Å². The van der Waals surface area contributed by atoms with Gasteiger partial charge in [0, 0.05) is 6.08 Å². The molecule has 0 N–H and O–H groups in total. The smallest absolute Gasteiger partial charge is 0.163 e. The minimum absolute atomic E-state index is 0.131. The molecule has 1 atom stereocenters. The molecule has 1 aliphatic heterocycles. The average molecular weight is 208 g/mol. The van der Waals surface area contributed by atoms with Crippen LogP contribution in [0.3, 0.4) is 0 Å². The predicted octanol–water partition coefficient (Wildman–Crippen LogP) is 2.77. The van der Waals surface area contributed by atoms with Gasteiger partial charge in [0.2, 0.25) is 0 Å². The summed E-state index contributed by atoms with van der Waals surface area (Å²) < 4.78 is 5.57. The summed E-state index contributed by atoms with van der Waals surface area (Å²) in [5.74, 6) is 0.131. The van der Waals surface area contributed by atoms with Gasteiger partial charge in [-0.3, -0.25) is 4.79 Å². The van der Waals surface area contributed by atoms with Gasteiger partial charge in [-0.15, -0.1) is 11.3 Å². The van der Waals surface area contributed by atoms with Crippen LogP contribution >= 0.6 is 11.3 Å². The molecule has 1 aromatic rings. The number of hydrogen-bond donors (Lipinski definition) is 0. The summed E-state index contributed by atoms with van der Waals surface area (Å²) in [7, 11) is 0. The molecule has 1 unspecified atom stereocenters. The first-order chi connectivity index (χ1) is 6.62. The highest BCUT2D eigenvalue weighted by atomic mass is 32.1. The number of aryl methyl sites for hydroxylation is 1. The first-order valence-electron chi connectivity index (χ1n) is 4.53. The second-order valence-electron chi connectivity index (χ2n) is 3.73. The molecule has 74 valence electrons. The Bertz CT molecular complexity index is 392. The molecule has 0 aromatic carbocycles. The molecule has 3 heteroatoms.